The van der Waals surface area contributed by atoms with Crippen molar-refractivity contribution < 1.29 is 23.9 Å². The first-order valence-corrected chi connectivity index (χ1v) is 10.8. The molecule has 0 spiro atoms. The van der Waals surface area contributed by atoms with Crippen molar-refractivity contribution in [3.05, 3.63) is 100 Å². The predicted octanol–water partition coefficient (Wildman–Crippen LogP) is 4.93. The highest BCUT2D eigenvalue weighted by Crippen LogP contribution is 2.18. The number of carbonyl (C=O) groups excluding carboxylic acids is 3. The van der Waals surface area contributed by atoms with E-state index in [1.54, 1.807) is 80.8 Å². The number of methoxy groups -OCH3 is 1. The molecular weight excluding hydrogens is 456 g/mol. The van der Waals surface area contributed by atoms with Gasteiger partial charge in [-0.1, -0.05) is 41.9 Å². The van der Waals surface area contributed by atoms with Gasteiger partial charge < -0.3 is 20.1 Å². The highest BCUT2D eigenvalue weighted by atomic mass is 35.5. The molecule has 2 N–H and O–H groups in total. The number of esters is 1. The van der Waals surface area contributed by atoms with E-state index >= 15 is 0 Å². The molecule has 0 aromatic heterocycles. The van der Waals surface area contributed by atoms with Gasteiger partial charge in [-0.25, -0.2) is 4.79 Å². The van der Waals surface area contributed by atoms with Gasteiger partial charge >= 0.3 is 5.97 Å². The normalized spacial score (nSPS) is 10.9. The Balaban J connectivity index is 1.89. The van der Waals surface area contributed by atoms with Crippen molar-refractivity contribution in [1.29, 1.82) is 0 Å². The van der Waals surface area contributed by atoms with E-state index in [2.05, 4.69) is 10.6 Å². The Bertz CT molecular complexity index is 1220. The van der Waals surface area contributed by atoms with Gasteiger partial charge in [0.05, 0.1) is 29.9 Å². The third kappa shape index (κ3) is 6.46. The number of anilines is 1. The molecule has 3 aromatic rings. The molecule has 0 unspecified atom stereocenters. The van der Waals surface area contributed by atoms with E-state index in [0.29, 0.717) is 22.6 Å². The fraction of sp³-hybridized carbons (Fsp3) is 0.115. The SMILES string of the molecule is CCOC(=O)c1cccc(NC(=O)C(=Cc2ccc(OC)cc2)NC(=O)c2ccccc2Cl)c1. The third-order valence-corrected chi connectivity index (χ3v) is 5.00. The number of hydrogen-bond donors (Lipinski definition) is 2. The highest BCUT2D eigenvalue weighted by molar-refractivity contribution is 6.34. The molecule has 174 valence electrons. The van der Waals surface area contributed by atoms with Crippen LogP contribution in [0, 0.1) is 0 Å². The molecule has 0 radical (unpaired) electrons. The van der Waals surface area contributed by atoms with Crippen LogP contribution >= 0.6 is 11.6 Å². The number of benzene rings is 3. The van der Waals surface area contributed by atoms with Gasteiger partial charge in [0.15, 0.2) is 0 Å². The third-order valence-electron chi connectivity index (χ3n) is 4.67. The van der Waals surface area contributed by atoms with Crippen LogP contribution in [-0.2, 0) is 9.53 Å². The zero-order valence-corrected chi connectivity index (χ0v) is 19.4. The molecule has 0 fully saturated rings. The number of rotatable bonds is 8. The molecule has 34 heavy (non-hydrogen) atoms. The summed E-state index contributed by atoms with van der Waals surface area (Å²) >= 11 is 6.14. The lowest BCUT2D eigenvalue weighted by Gasteiger charge is -2.13. The number of ether oxygens (including phenoxy) is 2. The van der Waals surface area contributed by atoms with Crippen molar-refractivity contribution in [1.82, 2.24) is 5.32 Å². The molecule has 0 aliphatic heterocycles. The first-order valence-electron chi connectivity index (χ1n) is 10.4. The van der Waals surface area contributed by atoms with Gasteiger partial charge in [0.25, 0.3) is 11.8 Å². The van der Waals surface area contributed by atoms with Crippen LogP contribution in [-0.4, -0.2) is 31.5 Å². The monoisotopic (exact) mass is 478 g/mol. The van der Waals surface area contributed by atoms with Gasteiger partial charge in [-0.15, -0.1) is 0 Å². The minimum atomic E-state index is -0.586. The van der Waals surface area contributed by atoms with Crippen LogP contribution in [0.2, 0.25) is 5.02 Å². The quantitative estimate of drug-likeness (QED) is 0.353. The molecule has 0 saturated carbocycles. The summed E-state index contributed by atoms with van der Waals surface area (Å²) in [6.45, 7) is 1.94. The second kappa shape index (κ2) is 11.7. The molecule has 0 saturated heterocycles. The molecule has 0 heterocycles. The number of carbonyl (C=O) groups is 3. The summed E-state index contributed by atoms with van der Waals surface area (Å²) in [6.07, 6.45) is 1.53. The van der Waals surface area contributed by atoms with E-state index in [-0.39, 0.29) is 22.9 Å². The first kappa shape index (κ1) is 24.5. The maximum absolute atomic E-state index is 13.1. The Morgan fingerprint density at radius 2 is 1.71 bits per heavy atom. The largest absolute Gasteiger partial charge is 0.497 e. The summed E-state index contributed by atoms with van der Waals surface area (Å²) in [6, 6.07) is 19.8. The molecule has 0 atom stereocenters. The maximum atomic E-state index is 13.1. The minimum absolute atomic E-state index is 0.0170. The summed E-state index contributed by atoms with van der Waals surface area (Å²) in [5.74, 6) is -0.975. The Morgan fingerprint density at radius 1 is 0.971 bits per heavy atom. The van der Waals surface area contributed by atoms with Crippen molar-refractivity contribution in [3.8, 4) is 5.75 Å². The second-order valence-electron chi connectivity index (χ2n) is 7.02. The Kier molecular flexibility index (Phi) is 8.43. The Hall–Kier alpha value is -4.10. The summed E-state index contributed by atoms with van der Waals surface area (Å²) < 4.78 is 10.2. The molecule has 2 amide bonds. The number of hydrogen-bond acceptors (Lipinski definition) is 5. The van der Waals surface area contributed by atoms with Gasteiger partial charge in [-0.2, -0.15) is 0 Å². The van der Waals surface area contributed by atoms with Crippen LogP contribution in [0.15, 0.2) is 78.5 Å². The van der Waals surface area contributed by atoms with Gasteiger partial charge in [0, 0.05) is 5.69 Å². The second-order valence-corrected chi connectivity index (χ2v) is 7.43. The minimum Gasteiger partial charge on any atom is -0.497 e. The van der Waals surface area contributed by atoms with Crippen molar-refractivity contribution in [2.24, 2.45) is 0 Å². The summed E-state index contributed by atoms with van der Waals surface area (Å²) in [5, 5.41) is 5.59. The standard InChI is InChI=1S/C26H23ClN2O5/c1-3-34-26(32)18-7-6-8-19(16-18)28-25(31)23(15-17-11-13-20(33-2)14-12-17)29-24(30)21-9-4-5-10-22(21)27/h4-16H,3H2,1-2H3,(H,28,31)(H,29,30). The molecule has 8 heteroatoms. The van der Waals surface area contributed by atoms with Gasteiger partial charge in [-0.05, 0) is 61.0 Å². The number of amides is 2. The predicted molar refractivity (Wildman–Crippen MR) is 131 cm³/mol. The van der Waals surface area contributed by atoms with Crippen LogP contribution < -0.4 is 15.4 Å². The molecule has 3 rings (SSSR count). The molecule has 0 aliphatic rings. The zero-order valence-electron chi connectivity index (χ0n) is 18.6. The molecule has 0 aliphatic carbocycles. The molecular formula is C26H23ClN2O5. The zero-order chi connectivity index (χ0) is 24.5. The molecule has 7 nitrogen and oxygen atoms in total. The van der Waals surface area contributed by atoms with Crippen molar-refractivity contribution in [2.45, 2.75) is 6.92 Å². The van der Waals surface area contributed by atoms with Crippen LogP contribution in [0.25, 0.3) is 6.08 Å². The average Bonchev–Trinajstić information content (AvgIpc) is 2.84. The fourth-order valence-corrected chi connectivity index (χ4v) is 3.22. The lowest BCUT2D eigenvalue weighted by Crippen LogP contribution is -2.31. The van der Waals surface area contributed by atoms with Gasteiger partial charge in [0.1, 0.15) is 11.4 Å². The van der Waals surface area contributed by atoms with Crippen LogP contribution in [0.5, 0.6) is 5.75 Å². The Labute approximate surface area is 202 Å². The van der Waals surface area contributed by atoms with Crippen molar-refractivity contribution in [3.63, 3.8) is 0 Å². The topological polar surface area (TPSA) is 93.7 Å². The number of nitrogens with one attached hydrogen (secondary N) is 2. The first-order chi connectivity index (χ1) is 16.4. The lowest BCUT2D eigenvalue weighted by atomic mass is 10.1. The van der Waals surface area contributed by atoms with Gasteiger partial charge in [-0.3, -0.25) is 9.59 Å². The van der Waals surface area contributed by atoms with Crippen LogP contribution in [0.4, 0.5) is 5.69 Å². The van der Waals surface area contributed by atoms with Crippen molar-refractivity contribution in [2.75, 3.05) is 19.0 Å². The Morgan fingerprint density at radius 3 is 2.38 bits per heavy atom. The maximum Gasteiger partial charge on any atom is 0.338 e. The summed E-state index contributed by atoms with van der Waals surface area (Å²) in [7, 11) is 1.55. The fourth-order valence-electron chi connectivity index (χ4n) is 3.00. The van der Waals surface area contributed by atoms with E-state index in [1.807, 2.05) is 0 Å². The van der Waals surface area contributed by atoms with E-state index in [0.717, 1.165) is 0 Å². The molecule has 3 aromatic carbocycles. The van der Waals surface area contributed by atoms with E-state index in [9.17, 15) is 14.4 Å². The van der Waals surface area contributed by atoms with Crippen LogP contribution in [0.3, 0.4) is 0 Å². The van der Waals surface area contributed by atoms with Crippen LogP contribution in [0.1, 0.15) is 33.2 Å². The van der Waals surface area contributed by atoms with E-state index < -0.39 is 17.8 Å². The van der Waals surface area contributed by atoms with Gasteiger partial charge in [0.2, 0.25) is 0 Å². The smallest absolute Gasteiger partial charge is 0.338 e. The number of halogens is 1. The summed E-state index contributed by atoms with van der Waals surface area (Å²) in [4.78, 5) is 38.0. The molecule has 0 bridgehead atoms. The van der Waals surface area contributed by atoms with E-state index in [4.69, 9.17) is 21.1 Å². The average molecular weight is 479 g/mol. The summed E-state index contributed by atoms with van der Waals surface area (Å²) in [5.41, 5.74) is 1.52. The lowest BCUT2D eigenvalue weighted by molar-refractivity contribution is -0.113. The van der Waals surface area contributed by atoms with E-state index in [1.165, 1.54) is 12.1 Å². The highest BCUT2D eigenvalue weighted by Gasteiger charge is 2.17. The van der Waals surface area contributed by atoms with Crippen molar-refractivity contribution >= 4 is 41.1 Å².